The molecule has 3 heteroatoms. The SMILES string of the molecule is CC1CCCC(C)C1NCCOCCN(C)C. The molecule has 2 unspecified atom stereocenters. The van der Waals surface area contributed by atoms with Crippen LogP contribution in [0.2, 0.25) is 0 Å². The van der Waals surface area contributed by atoms with Crippen molar-refractivity contribution in [3.63, 3.8) is 0 Å². The molecule has 1 aliphatic rings. The van der Waals surface area contributed by atoms with Gasteiger partial charge in [0.1, 0.15) is 0 Å². The first-order chi connectivity index (χ1) is 8.11. The number of nitrogens with one attached hydrogen (secondary N) is 1. The molecule has 0 saturated heterocycles. The van der Waals surface area contributed by atoms with Gasteiger partial charge in [-0.25, -0.2) is 0 Å². The van der Waals surface area contributed by atoms with E-state index in [1.54, 1.807) is 0 Å². The first-order valence-electron chi connectivity index (χ1n) is 7.07. The van der Waals surface area contributed by atoms with Crippen LogP contribution in [-0.2, 0) is 4.74 Å². The van der Waals surface area contributed by atoms with Crippen LogP contribution in [0.3, 0.4) is 0 Å². The highest BCUT2D eigenvalue weighted by Crippen LogP contribution is 2.28. The van der Waals surface area contributed by atoms with Crippen molar-refractivity contribution in [1.29, 1.82) is 0 Å². The van der Waals surface area contributed by atoms with Gasteiger partial charge in [0, 0.05) is 19.1 Å². The molecule has 1 N–H and O–H groups in total. The maximum atomic E-state index is 5.60. The van der Waals surface area contributed by atoms with E-state index in [9.17, 15) is 0 Å². The molecule has 3 nitrogen and oxygen atoms in total. The highest BCUT2D eigenvalue weighted by atomic mass is 16.5. The van der Waals surface area contributed by atoms with Crippen LogP contribution in [0.25, 0.3) is 0 Å². The Morgan fingerprint density at radius 1 is 1.12 bits per heavy atom. The van der Waals surface area contributed by atoms with E-state index >= 15 is 0 Å². The number of hydrogen-bond acceptors (Lipinski definition) is 3. The Labute approximate surface area is 107 Å². The molecular weight excluding hydrogens is 212 g/mol. The zero-order valence-corrected chi connectivity index (χ0v) is 12.0. The van der Waals surface area contributed by atoms with Crippen LogP contribution < -0.4 is 5.32 Å². The molecule has 2 atom stereocenters. The van der Waals surface area contributed by atoms with E-state index in [2.05, 4.69) is 38.2 Å². The smallest absolute Gasteiger partial charge is 0.0593 e. The van der Waals surface area contributed by atoms with Crippen LogP contribution in [0.5, 0.6) is 0 Å². The number of likely N-dealkylation sites (N-methyl/N-ethyl adjacent to an activating group) is 1. The largest absolute Gasteiger partial charge is 0.379 e. The second-order valence-electron chi connectivity index (χ2n) is 5.78. The third-order valence-electron chi connectivity index (χ3n) is 3.85. The lowest BCUT2D eigenvalue weighted by atomic mass is 9.79. The monoisotopic (exact) mass is 242 g/mol. The number of hydrogen-bond donors (Lipinski definition) is 1. The summed E-state index contributed by atoms with van der Waals surface area (Å²) in [5.41, 5.74) is 0. The topological polar surface area (TPSA) is 24.5 Å². The van der Waals surface area contributed by atoms with Crippen LogP contribution in [0.4, 0.5) is 0 Å². The van der Waals surface area contributed by atoms with Crippen LogP contribution >= 0.6 is 0 Å². The van der Waals surface area contributed by atoms with E-state index in [4.69, 9.17) is 4.74 Å². The van der Waals surface area contributed by atoms with Gasteiger partial charge < -0.3 is 15.0 Å². The fraction of sp³-hybridized carbons (Fsp3) is 1.00. The van der Waals surface area contributed by atoms with Crippen molar-refractivity contribution in [2.45, 2.75) is 39.2 Å². The summed E-state index contributed by atoms with van der Waals surface area (Å²) < 4.78 is 5.60. The van der Waals surface area contributed by atoms with Gasteiger partial charge in [0.05, 0.1) is 13.2 Å². The van der Waals surface area contributed by atoms with Crippen molar-refractivity contribution in [3.05, 3.63) is 0 Å². The van der Waals surface area contributed by atoms with E-state index in [1.165, 1.54) is 19.3 Å². The van der Waals surface area contributed by atoms with Crippen molar-refractivity contribution in [1.82, 2.24) is 10.2 Å². The van der Waals surface area contributed by atoms with Gasteiger partial charge in [-0.15, -0.1) is 0 Å². The Bertz CT molecular complexity index is 187. The summed E-state index contributed by atoms with van der Waals surface area (Å²) in [7, 11) is 4.15. The molecule has 0 amide bonds. The lowest BCUT2D eigenvalue weighted by Crippen LogP contribution is -2.44. The molecule has 1 rings (SSSR count). The van der Waals surface area contributed by atoms with E-state index in [0.29, 0.717) is 6.04 Å². The van der Waals surface area contributed by atoms with Gasteiger partial charge in [-0.3, -0.25) is 0 Å². The minimum atomic E-state index is 0.696. The number of nitrogens with zero attached hydrogens (tertiary/aromatic N) is 1. The Balaban J connectivity index is 2.04. The van der Waals surface area contributed by atoms with Gasteiger partial charge in [0.25, 0.3) is 0 Å². The Morgan fingerprint density at radius 3 is 2.35 bits per heavy atom. The predicted octanol–water partition coefficient (Wildman–Crippen LogP) is 1.98. The maximum Gasteiger partial charge on any atom is 0.0593 e. The van der Waals surface area contributed by atoms with Gasteiger partial charge in [-0.1, -0.05) is 20.3 Å². The molecule has 1 saturated carbocycles. The molecule has 0 aromatic rings. The summed E-state index contributed by atoms with van der Waals surface area (Å²) in [6, 6.07) is 0.696. The molecule has 0 aromatic carbocycles. The molecular formula is C14H30N2O. The first kappa shape index (κ1) is 14.9. The van der Waals surface area contributed by atoms with E-state index < -0.39 is 0 Å². The van der Waals surface area contributed by atoms with Crippen LogP contribution in [0.15, 0.2) is 0 Å². The second kappa shape index (κ2) is 8.06. The Hall–Kier alpha value is -0.120. The van der Waals surface area contributed by atoms with Crippen molar-refractivity contribution < 1.29 is 4.74 Å². The third kappa shape index (κ3) is 5.84. The van der Waals surface area contributed by atoms with Crippen molar-refractivity contribution in [3.8, 4) is 0 Å². The van der Waals surface area contributed by atoms with Crippen LogP contribution in [0, 0.1) is 11.8 Å². The average Bonchev–Trinajstić information content (AvgIpc) is 2.26. The number of rotatable bonds is 7. The zero-order valence-electron chi connectivity index (χ0n) is 12.0. The highest BCUT2D eigenvalue weighted by molar-refractivity contribution is 4.83. The molecule has 0 heterocycles. The summed E-state index contributed by atoms with van der Waals surface area (Å²) >= 11 is 0. The van der Waals surface area contributed by atoms with Gasteiger partial charge in [-0.2, -0.15) is 0 Å². The molecule has 0 radical (unpaired) electrons. The van der Waals surface area contributed by atoms with Gasteiger partial charge >= 0.3 is 0 Å². The molecule has 1 aliphatic carbocycles. The van der Waals surface area contributed by atoms with E-state index in [1.807, 2.05) is 0 Å². The molecule has 0 aliphatic heterocycles. The van der Waals surface area contributed by atoms with Gasteiger partial charge in [0.2, 0.25) is 0 Å². The standard InChI is InChI=1S/C14H30N2O/c1-12-6-5-7-13(2)14(12)15-8-10-17-11-9-16(3)4/h12-15H,5-11H2,1-4H3. The predicted molar refractivity (Wildman–Crippen MR) is 73.3 cm³/mol. The molecule has 1 fully saturated rings. The summed E-state index contributed by atoms with van der Waals surface area (Å²) in [6.07, 6.45) is 4.16. The summed E-state index contributed by atoms with van der Waals surface area (Å²) in [4.78, 5) is 2.15. The molecule has 17 heavy (non-hydrogen) atoms. The van der Waals surface area contributed by atoms with Crippen molar-refractivity contribution >= 4 is 0 Å². The highest BCUT2D eigenvalue weighted by Gasteiger charge is 2.26. The number of ether oxygens (including phenoxy) is 1. The lowest BCUT2D eigenvalue weighted by Gasteiger charge is -2.35. The fourth-order valence-corrected chi connectivity index (χ4v) is 2.73. The second-order valence-corrected chi connectivity index (χ2v) is 5.78. The Kier molecular flexibility index (Phi) is 7.09. The zero-order chi connectivity index (χ0) is 12.7. The minimum absolute atomic E-state index is 0.696. The summed E-state index contributed by atoms with van der Waals surface area (Å²) in [6.45, 7) is 8.43. The molecule has 102 valence electrons. The summed E-state index contributed by atoms with van der Waals surface area (Å²) in [5.74, 6) is 1.64. The van der Waals surface area contributed by atoms with Crippen LogP contribution in [-0.4, -0.2) is 51.3 Å². The third-order valence-corrected chi connectivity index (χ3v) is 3.85. The lowest BCUT2D eigenvalue weighted by molar-refractivity contribution is 0.109. The fourth-order valence-electron chi connectivity index (χ4n) is 2.73. The van der Waals surface area contributed by atoms with Gasteiger partial charge in [-0.05, 0) is 38.8 Å². The van der Waals surface area contributed by atoms with Crippen molar-refractivity contribution in [2.24, 2.45) is 11.8 Å². The van der Waals surface area contributed by atoms with E-state index in [-0.39, 0.29) is 0 Å². The average molecular weight is 242 g/mol. The molecule has 0 spiro atoms. The summed E-state index contributed by atoms with van der Waals surface area (Å²) in [5, 5.41) is 3.67. The van der Waals surface area contributed by atoms with Gasteiger partial charge in [0.15, 0.2) is 0 Å². The normalized spacial score (nSPS) is 29.8. The van der Waals surface area contributed by atoms with Crippen LogP contribution in [0.1, 0.15) is 33.1 Å². The Morgan fingerprint density at radius 2 is 1.76 bits per heavy atom. The van der Waals surface area contributed by atoms with Crippen molar-refractivity contribution in [2.75, 3.05) is 40.4 Å². The van der Waals surface area contributed by atoms with E-state index in [0.717, 1.165) is 38.1 Å². The quantitative estimate of drug-likeness (QED) is 0.691. The minimum Gasteiger partial charge on any atom is -0.379 e. The molecule has 0 aromatic heterocycles. The maximum absolute atomic E-state index is 5.60. The first-order valence-corrected chi connectivity index (χ1v) is 7.07. The molecule has 0 bridgehead atoms.